The van der Waals surface area contributed by atoms with Crippen LogP contribution in [0.5, 0.6) is 0 Å². The summed E-state index contributed by atoms with van der Waals surface area (Å²) in [7, 11) is 0. The zero-order valence-corrected chi connectivity index (χ0v) is 11.0. The van der Waals surface area contributed by atoms with Crippen LogP contribution >= 0.6 is 0 Å². The Balaban J connectivity index is 1.88. The second-order valence-electron chi connectivity index (χ2n) is 5.10. The van der Waals surface area contributed by atoms with Crippen molar-refractivity contribution in [2.24, 2.45) is 0 Å². The first-order valence-electron chi connectivity index (χ1n) is 6.65. The summed E-state index contributed by atoms with van der Waals surface area (Å²) in [6.07, 6.45) is 0.728. The number of hydrogen-bond donors (Lipinski definition) is 1. The average molecular weight is 269 g/mol. The molecule has 1 saturated heterocycles. The van der Waals surface area contributed by atoms with E-state index in [0.717, 1.165) is 16.3 Å². The van der Waals surface area contributed by atoms with Crippen LogP contribution in [0.1, 0.15) is 18.4 Å². The number of benzene rings is 2. The third-order valence-corrected chi connectivity index (χ3v) is 3.78. The van der Waals surface area contributed by atoms with Gasteiger partial charge in [-0.2, -0.15) is 0 Å². The largest absolute Gasteiger partial charge is 0.480 e. The topological polar surface area (TPSA) is 57.6 Å². The molecule has 1 atom stereocenters. The Morgan fingerprint density at radius 1 is 1.20 bits per heavy atom. The van der Waals surface area contributed by atoms with Gasteiger partial charge in [0, 0.05) is 13.0 Å². The number of likely N-dealkylation sites (tertiary alicyclic amines) is 1. The van der Waals surface area contributed by atoms with Crippen molar-refractivity contribution in [3.05, 3.63) is 48.0 Å². The molecule has 4 heteroatoms. The molecule has 0 saturated carbocycles. The van der Waals surface area contributed by atoms with Gasteiger partial charge < -0.3 is 10.0 Å². The van der Waals surface area contributed by atoms with E-state index in [2.05, 4.69) is 0 Å². The van der Waals surface area contributed by atoms with Crippen LogP contribution in [-0.4, -0.2) is 27.9 Å². The minimum absolute atomic E-state index is 0.0782. The van der Waals surface area contributed by atoms with E-state index in [1.165, 1.54) is 4.90 Å². The fraction of sp³-hybridized carbons (Fsp3) is 0.250. The zero-order valence-electron chi connectivity index (χ0n) is 11.0. The van der Waals surface area contributed by atoms with Crippen molar-refractivity contribution in [2.45, 2.75) is 25.4 Å². The van der Waals surface area contributed by atoms with Gasteiger partial charge in [0.05, 0.1) is 0 Å². The van der Waals surface area contributed by atoms with E-state index in [4.69, 9.17) is 5.11 Å². The maximum Gasteiger partial charge on any atom is 0.326 e. The van der Waals surface area contributed by atoms with E-state index in [0.29, 0.717) is 19.4 Å². The highest BCUT2D eigenvalue weighted by Gasteiger charge is 2.35. The van der Waals surface area contributed by atoms with Gasteiger partial charge in [-0.25, -0.2) is 4.79 Å². The quantitative estimate of drug-likeness (QED) is 0.931. The van der Waals surface area contributed by atoms with Crippen molar-refractivity contribution in [2.75, 3.05) is 0 Å². The monoisotopic (exact) mass is 269 g/mol. The molecular formula is C16H15NO3. The minimum atomic E-state index is -0.920. The van der Waals surface area contributed by atoms with E-state index in [1.54, 1.807) is 0 Å². The van der Waals surface area contributed by atoms with Crippen LogP contribution in [0.4, 0.5) is 0 Å². The molecule has 4 nitrogen and oxygen atoms in total. The van der Waals surface area contributed by atoms with E-state index < -0.39 is 12.0 Å². The first-order chi connectivity index (χ1) is 9.65. The molecule has 0 aromatic heterocycles. The molecule has 3 rings (SSSR count). The predicted molar refractivity (Wildman–Crippen MR) is 75.2 cm³/mol. The van der Waals surface area contributed by atoms with Gasteiger partial charge in [0.2, 0.25) is 5.91 Å². The van der Waals surface area contributed by atoms with Crippen LogP contribution in [0.3, 0.4) is 0 Å². The number of carbonyl (C=O) groups is 2. The van der Waals surface area contributed by atoms with Gasteiger partial charge in [0.15, 0.2) is 0 Å². The van der Waals surface area contributed by atoms with Crippen LogP contribution < -0.4 is 0 Å². The summed E-state index contributed by atoms with van der Waals surface area (Å²) in [5, 5.41) is 11.4. The third kappa shape index (κ3) is 2.25. The van der Waals surface area contributed by atoms with Crippen molar-refractivity contribution in [3.63, 3.8) is 0 Å². The van der Waals surface area contributed by atoms with Crippen LogP contribution in [0.25, 0.3) is 10.8 Å². The fourth-order valence-corrected chi connectivity index (χ4v) is 2.72. The molecule has 0 bridgehead atoms. The van der Waals surface area contributed by atoms with E-state index in [9.17, 15) is 9.59 Å². The highest BCUT2D eigenvalue weighted by atomic mass is 16.4. The molecule has 1 N–H and O–H groups in total. The Kier molecular flexibility index (Phi) is 3.14. The Bertz CT molecular complexity index is 680. The smallest absolute Gasteiger partial charge is 0.326 e. The van der Waals surface area contributed by atoms with Crippen molar-refractivity contribution < 1.29 is 14.7 Å². The maximum absolute atomic E-state index is 11.8. The molecule has 2 aromatic carbocycles. The first kappa shape index (κ1) is 12.7. The summed E-state index contributed by atoms with van der Waals surface area (Å²) in [4.78, 5) is 24.5. The molecule has 0 radical (unpaired) electrons. The predicted octanol–water partition coefficient (Wildman–Crippen LogP) is 2.42. The summed E-state index contributed by atoms with van der Waals surface area (Å²) in [6.45, 7) is 0.362. The molecule has 20 heavy (non-hydrogen) atoms. The standard InChI is InChI=1S/C16H15NO3/c18-15-8-7-14(16(19)20)17(15)10-11-5-6-12-3-1-2-4-13(12)9-11/h1-6,9,14H,7-8,10H2,(H,19,20)/t14-/m1/s1. The molecule has 1 amide bonds. The highest BCUT2D eigenvalue weighted by molar-refractivity contribution is 5.87. The van der Waals surface area contributed by atoms with Crippen molar-refractivity contribution in [1.82, 2.24) is 4.90 Å². The summed E-state index contributed by atoms with van der Waals surface area (Å²) in [5.74, 6) is -0.998. The first-order valence-corrected chi connectivity index (χ1v) is 6.65. The Morgan fingerprint density at radius 2 is 1.95 bits per heavy atom. The molecule has 1 heterocycles. The highest BCUT2D eigenvalue weighted by Crippen LogP contribution is 2.23. The maximum atomic E-state index is 11.8. The van der Waals surface area contributed by atoms with Crippen LogP contribution in [-0.2, 0) is 16.1 Å². The summed E-state index contributed by atoms with van der Waals surface area (Å²) in [5.41, 5.74) is 0.963. The number of hydrogen-bond acceptors (Lipinski definition) is 2. The molecule has 0 aliphatic carbocycles. The Labute approximate surface area is 116 Å². The molecule has 1 aliphatic heterocycles. The van der Waals surface area contributed by atoms with Gasteiger partial charge in [-0.1, -0.05) is 36.4 Å². The minimum Gasteiger partial charge on any atom is -0.480 e. The lowest BCUT2D eigenvalue weighted by Crippen LogP contribution is -2.37. The fourth-order valence-electron chi connectivity index (χ4n) is 2.72. The number of rotatable bonds is 3. The SMILES string of the molecule is O=C(O)[C@H]1CCC(=O)N1Cc1ccc2ccccc2c1. The summed E-state index contributed by atoms with van der Waals surface area (Å²) < 4.78 is 0. The van der Waals surface area contributed by atoms with Gasteiger partial charge in [-0.05, 0) is 28.8 Å². The average Bonchev–Trinajstić information content (AvgIpc) is 2.80. The van der Waals surface area contributed by atoms with E-state index >= 15 is 0 Å². The van der Waals surface area contributed by atoms with Gasteiger partial charge >= 0.3 is 5.97 Å². The lowest BCUT2D eigenvalue weighted by atomic mass is 10.1. The Morgan fingerprint density at radius 3 is 2.70 bits per heavy atom. The molecule has 102 valence electrons. The molecule has 0 spiro atoms. The molecular weight excluding hydrogens is 254 g/mol. The number of amides is 1. The third-order valence-electron chi connectivity index (χ3n) is 3.78. The number of carbonyl (C=O) groups excluding carboxylic acids is 1. The van der Waals surface area contributed by atoms with Crippen LogP contribution in [0.15, 0.2) is 42.5 Å². The molecule has 1 fully saturated rings. The van der Waals surface area contributed by atoms with Crippen LogP contribution in [0, 0.1) is 0 Å². The Hall–Kier alpha value is -2.36. The zero-order chi connectivity index (χ0) is 14.1. The van der Waals surface area contributed by atoms with E-state index in [-0.39, 0.29) is 5.91 Å². The number of carboxylic acids is 1. The molecule has 1 aliphatic rings. The molecule has 0 unspecified atom stereocenters. The number of fused-ring (bicyclic) bond motifs is 1. The van der Waals surface area contributed by atoms with Crippen molar-refractivity contribution in [1.29, 1.82) is 0 Å². The van der Waals surface area contributed by atoms with Crippen molar-refractivity contribution in [3.8, 4) is 0 Å². The van der Waals surface area contributed by atoms with Gasteiger partial charge in [-0.15, -0.1) is 0 Å². The number of aliphatic carboxylic acids is 1. The van der Waals surface area contributed by atoms with Gasteiger partial charge in [0.25, 0.3) is 0 Å². The second-order valence-corrected chi connectivity index (χ2v) is 5.10. The molecule has 2 aromatic rings. The van der Waals surface area contributed by atoms with Gasteiger partial charge in [0.1, 0.15) is 6.04 Å². The second kappa shape index (κ2) is 4.96. The number of nitrogens with zero attached hydrogens (tertiary/aromatic N) is 1. The summed E-state index contributed by atoms with van der Waals surface area (Å²) in [6, 6.07) is 13.3. The van der Waals surface area contributed by atoms with Crippen molar-refractivity contribution >= 4 is 22.6 Å². The van der Waals surface area contributed by atoms with Gasteiger partial charge in [-0.3, -0.25) is 4.79 Å². The summed E-state index contributed by atoms with van der Waals surface area (Å²) >= 11 is 0. The lowest BCUT2D eigenvalue weighted by molar-refractivity contribution is -0.146. The lowest BCUT2D eigenvalue weighted by Gasteiger charge is -2.21. The normalized spacial score (nSPS) is 18.7. The van der Waals surface area contributed by atoms with Crippen LogP contribution in [0.2, 0.25) is 0 Å². The number of carboxylic acid groups (broad SMARTS) is 1. The van der Waals surface area contributed by atoms with E-state index in [1.807, 2.05) is 42.5 Å².